The number of aryl methyl sites for hydroxylation is 2. The lowest BCUT2D eigenvalue weighted by molar-refractivity contribution is 0.382. The van der Waals surface area contributed by atoms with Gasteiger partial charge in [-0.25, -0.2) is 4.79 Å². The zero-order chi connectivity index (χ0) is 10.8. The van der Waals surface area contributed by atoms with Gasteiger partial charge in [0.15, 0.2) is 5.82 Å². The molecule has 0 fully saturated rings. The summed E-state index contributed by atoms with van der Waals surface area (Å²) in [6, 6.07) is 6.17. The Morgan fingerprint density at radius 3 is 2.73 bits per heavy atom. The summed E-state index contributed by atoms with van der Waals surface area (Å²) < 4.78 is 4.43. The van der Waals surface area contributed by atoms with Gasteiger partial charge in [-0.1, -0.05) is 23.4 Å². The van der Waals surface area contributed by atoms with Gasteiger partial charge in [0, 0.05) is 6.42 Å². The summed E-state index contributed by atoms with van der Waals surface area (Å²) in [5.74, 6) is 0.0529. The van der Waals surface area contributed by atoms with Crippen LogP contribution in [0.1, 0.15) is 22.5 Å². The lowest BCUT2D eigenvalue weighted by atomic mass is 10.0. The summed E-state index contributed by atoms with van der Waals surface area (Å²) >= 11 is 0. The second-order valence-electron chi connectivity index (χ2n) is 3.64. The number of nitrogens with one attached hydrogen (secondary N) is 1. The normalized spacial score (nSPS) is 10.5. The second kappa shape index (κ2) is 3.73. The Balaban J connectivity index is 2.24. The van der Waals surface area contributed by atoms with E-state index >= 15 is 0 Å². The summed E-state index contributed by atoms with van der Waals surface area (Å²) in [6.45, 7) is 4.13. The van der Waals surface area contributed by atoms with Gasteiger partial charge in [-0.3, -0.25) is 9.51 Å². The van der Waals surface area contributed by atoms with Gasteiger partial charge in [0.05, 0.1) is 0 Å². The first-order valence-corrected chi connectivity index (χ1v) is 4.76. The minimum atomic E-state index is -0.506. The minimum Gasteiger partial charge on any atom is -0.296 e. The standard InChI is InChI=1S/C11H12N2O2/c1-7-3-4-9(5-8(7)2)6-10-12-11(14)15-13-10/h3-5H,6H2,1-2H3,(H,12,13,14). The van der Waals surface area contributed by atoms with Crippen LogP contribution in [0.25, 0.3) is 0 Å². The van der Waals surface area contributed by atoms with Crippen molar-refractivity contribution in [3.8, 4) is 0 Å². The van der Waals surface area contributed by atoms with E-state index in [9.17, 15) is 4.79 Å². The van der Waals surface area contributed by atoms with Crippen molar-refractivity contribution in [3.05, 3.63) is 51.3 Å². The van der Waals surface area contributed by atoms with E-state index in [0.29, 0.717) is 12.2 Å². The Hall–Kier alpha value is -1.84. The molecular formula is C11H12N2O2. The molecule has 1 N–H and O–H groups in total. The fraction of sp³-hybridized carbons (Fsp3) is 0.273. The third-order valence-corrected chi connectivity index (χ3v) is 2.43. The molecule has 15 heavy (non-hydrogen) atoms. The van der Waals surface area contributed by atoms with Gasteiger partial charge in [0.1, 0.15) is 0 Å². The average molecular weight is 204 g/mol. The predicted molar refractivity (Wildman–Crippen MR) is 55.8 cm³/mol. The molecule has 0 atom stereocenters. The van der Waals surface area contributed by atoms with Crippen molar-refractivity contribution in [2.45, 2.75) is 20.3 Å². The van der Waals surface area contributed by atoms with E-state index in [1.54, 1.807) is 0 Å². The first kappa shape index (κ1) is 9.71. The Kier molecular flexibility index (Phi) is 2.41. The number of aromatic nitrogens is 2. The summed E-state index contributed by atoms with van der Waals surface area (Å²) in [4.78, 5) is 13.2. The van der Waals surface area contributed by atoms with Crippen molar-refractivity contribution in [1.82, 2.24) is 10.1 Å². The molecule has 2 rings (SSSR count). The SMILES string of the molecule is Cc1ccc(Cc2noc(=O)[nH]2)cc1C. The van der Waals surface area contributed by atoms with Crippen molar-refractivity contribution >= 4 is 0 Å². The highest BCUT2D eigenvalue weighted by Gasteiger charge is 2.02. The molecule has 4 heteroatoms. The van der Waals surface area contributed by atoms with Crippen molar-refractivity contribution < 1.29 is 4.52 Å². The first-order valence-electron chi connectivity index (χ1n) is 4.76. The molecule has 0 unspecified atom stereocenters. The zero-order valence-electron chi connectivity index (χ0n) is 8.70. The van der Waals surface area contributed by atoms with Gasteiger partial charge in [-0.2, -0.15) is 0 Å². The summed E-state index contributed by atoms with van der Waals surface area (Å²) in [5, 5.41) is 3.62. The minimum absolute atomic E-state index is 0.506. The molecule has 1 aromatic carbocycles. The van der Waals surface area contributed by atoms with E-state index in [2.05, 4.69) is 40.6 Å². The van der Waals surface area contributed by atoms with Crippen molar-refractivity contribution in [2.75, 3.05) is 0 Å². The largest absolute Gasteiger partial charge is 0.438 e. The van der Waals surface area contributed by atoms with Gasteiger partial charge in [0.2, 0.25) is 0 Å². The quantitative estimate of drug-likeness (QED) is 0.807. The van der Waals surface area contributed by atoms with Crippen LogP contribution >= 0.6 is 0 Å². The predicted octanol–water partition coefficient (Wildman–Crippen LogP) is 1.57. The maximum atomic E-state index is 10.7. The molecule has 0 aliphatic carbocycles. The molecule has 0 spiro atoms. The number of nitrogens with zero attached hydrogens (tertiary/aromatic N) is 1. The molecular weight excluding hydrogens is 192 g/mol. The molecule has 0 saturated carbocycles. The van der Waals surface area contributed by atoms with Crippen LogP contribution in [0.15, 0.2) is 27.5 Å². The Morgan fingerprint density at radius 1 is 1.33 bits per heavy atom. The van der Waals surface area contributed by atoms with Crippen molar-refractivity contribution in [3.63, 3.8) is 0 Å². The average Bonchev–Trinajstić information content (AvgIpc) is 2.58. The van der Waals surface area contributed by atoms with Gasteiger partial charge in [0.25, 0.3) is 0 Å². The smallest absolute Gasteiger partial charge is 0.296 e. The van der Waals surface area contributed by atoms with Gasteiger partial charge in [-0.15, -0.1) is 0 Å². The number of H-pyrrole nitrogens is 1. The molecule has 0 amide bonds. The summed E-state index contributed by atoms with van der Waals surface area (Å²) in [7, 11) is 0. The zero-order valence-corrected chi connectivity index (χ0v) is 8.70. The molecule has 1 heterocycles. The molecule has 0 bridgehead atoms. The van der Waals surface area contributed by atoms with Crippen LogP contribution in [-0.2, 0) is 6.42 Å². The maximum Gasteiger partial charge on any atom is 0.438 e. The van der Waals surface area contributed by atoms with Crippen LogP contribution < -0.4 is 5.76 Å². The van der Waals surface area contributed by atoms with E-state index in [-0.39, 0.29) is 0 Å². The number of hydrogen-bond acceptors (Lipinski definition) is 3. The number of hydrogen-bond donors (Lipinski definition) is 1. The van der Waals surface area contributed by atoms with Crippen LogP contribution in [0.4, 0.5) is 0 Å². The van der Waals surface area contributed by atoms with Crippen molar-refractivity contribution in [2.24, 2.45) is 0 Å². The first-order chi connectivity index (χ1) is 7.15. The highest BCUT2D eigenvalue weighted by atomic mass is 16.5. The van der Waals surface area contributed by atoms with Crippen LogP contribution in [-0.4, -0.2) is 10.1 Å². The molecule has 78 valence electrons. The van der Waals surface area contributed by atoms with Gasteiger partial charge < -0.3 is 0 Å². The fourth-order valence-electron chi connectivity index (χ4n) is 1.44. The summed E-state index contributed by atoms with van der Waals surface area (Å²) in [6.07, 6.45) is 0.590. The lowest BCUT2D eigenvalue weighted by Gasteiger charge is -2.02. The molecule has 4 nitrogen and oxygen atoms in total. The molecule has 0 aliphatic rings. The highest BCUT2D eigenvalue weighted by molar-refractivity contribution is 5.31. The van der Waals surface area contributed by atoms with E-state index in [4.69, 9.17) is 0 Å². The molecule has 1 aromatic heterocycles. The monoisotopic (exact) mass is 204 g/mol. The van der Waals surface area contributed by atoms with Crippen molar-refractivity contribution in [1.29, 1.82) is 0 Å². The van der Waals surface area contributed by atoms with E-state index in [1.165, 1.54) is 11.1 Å². The van der Waals surface area contributed by atoms with E-state index in [1.807, 2.05) is 6.07 Å². The molecule has 2 aromatic rings. The second-order valence-corrected chi connectivity index (χ2v) is 3.64. The molecule has 0 aliphatic heterocycles. The van der Waals surface area contributed by atoms with Crippen LogP contribution in [0.2, 0.25) is 0 Å². The lowest BCUT2D eigenvalue weighted by Crippen LogP contribution is -1.98. The van der Waals surface area contributed by atoms with Crippen LogP contribution in [0.3, 0.4) is 0 Å². The van der Waals surface area contributed by atoms with Crippen LogP contribution in [0, 0.1) is 13.8 Å². The fourth-order valence-corrected chi connectivity index (χ4v) is 1.44. The highest BCUT2D eigenvalue weighted by Crippen LogP contribution is 2.11. The van der Waals surface area contributed by atoms with Gasteiger partial charge >= 0.3 is 5.76 Å². The van der Waals surface area contributed by atoms with E-state index in [0.717, 1.165) is 5.56 Å². The third kappa shape index (κ3) is 2.15. The van der Waals surface area contributed by atoms with Crippen LogP contribution in [0.5, 0.6) is 0 Å². The Bertz CT molecular complexity index is 525. The maximum absolute atomic E-state index is 10.7. The molecule has 0 saturated heterocycles. The van der Waals surface area contributed by atoms with E-state index < -0.39 is 5.76 Å². The number of aromatic amines is 1. The summed E-state index contributed by atoms with van der Waals surface area (Å²) in [5.41, 5.74) is 3.60. The molecule has 0 radical (unpaired) electrons. The third-order valence-electron chi connectivity index (χ3n) is 2.43. The number of rotatable bonds is 2. The van der Waals surface area contributed by atoms with Gasteiger partial charge in [-0.05, 0) is 30.5 Å². The Labute approximate surface area is 86.9 Å². The topological polar surface area (TPSA) is 58.9 Å². The number of benzene rings is 1. The Morgan fingerprint density at radius 2 is 2.13 bits per heavy atom.